The summed E-state index contributed by atoms with van der Waals surface area (Å²) < 4.78 is 0. The molecule has 2 unspecified atom stereocenters. The Hall–Kier alpha value is -0.570. The molecule has 3 nitrogen and oxygen atoms in total. The largest absolute Gasteiger partial charge is 0.481 e. The summed E-state index contributed by atoms with van der Waals surface area (Å²) in [5.74, 6) is -0.195. The van der Waals surface area contributed by atoms with Gasteiger partial charge in [-0.05, 0) is 38.1 Å². The topological polar surface area (TPSA) is 63.3 Å². The molecule has 0 aliphatic heterocycles. The van der Waals surface area contributed by atoms with Gasteiger partial charge in [-0.1, -0.05) is 19.3 Å². The van der Waals surface area contributed by atoms with Gasteiger partial charge >= 0.3 is 5.97 Å². The van der Waals surface area contributed by atoms with Crippen LogP contribution in [0.3, 0.4) is 0 Å². The maximum atomic E-state index is 10.9. The number of aliphatic carboxylic acids is 1. The third-order valence-corrected chi connectivity index (χ3v) is 3.27. The van der Waals surface area contributed by atoms with Crippen molar-refractivity contribution >= 4 is 5.97 Å². The zero-order valence-corrected chi connectivity index (χ0v) is 8.74. The number of rotatable bonds is 2. The van der Waals surface area contributed by atoms with Crippen molar-refractivity contribution in [2.24, 2.45) is 17.6 Å². The van der Waals surface area contributed by atoms with Gasteiger partial charge in [0, 0.05) is 0 Å². The third kappa shape index (κ3) is 3.66. The van der Waals surface area contributed by atoms with E-state index in [2.05, 4.69) is 0 Å². The van der Waals surface area contributed by atoms with E-state index in [1.54, 1.807) is 0 Å². The van der Waals surface area contributed by atoms with E-state index >= 15 is 0 Å². The Morgan fingerprint density at radius 1 is 1.14 bits per heavy atom. The van der Waals surface area contributed by atoms with Crippen molar-refractivity contribution in [2.45, 2.75) is 44.9 Å². The zero-order chi connectivity index (χ0) is 10.4. The molecule has 0 bridgehead atoms. The lowest BCUT2D eigenvalue weighted by Crippen LogP contribution is -2.18. The van der Waals surface area contributed by atoms with Crippen LogP contribution in [0, 0.1) is 11.8 Å². The predicted octanol–water partition coefficient (Wildman–Crippen LogP) is 2.01. The molecule has 1 fully saturated rings. The van der Waals surface area contributed by atoms with E-state index in [1.165, 1.54) is 19.3 Å². The molecule has 0 spiro atoms. The molecule has 14 heavy (non-hydrogen) atoms. The van der Waals surface area contributed by atoms with Gasteiger partial charge in [-0.3, -0.25) is 4.79 Å². The van der Waals surface area contributed by atoms with Gasteiger partial charge in [0.25, 0.3) is 0 Å². The van der Waals surface area contributed by atoms with Crippen molar-refractivity contribution in [3.8, 4) is 0 Å². The summed E-state index contributed by atoms with van der Waals surface area (Å²) in [5.41, 5.74) is 5.65. The van der Waals surface area contributed by atoms with Gasteiger partial charge in [0.15, 0.2) is 0 Å². The van der Waals surface area contributed by atoms with Crippen molar-refractivity contribution in [1.29, 1.82) is 0 Å². The molecule has 0 aromatic carbocycles. The van der Waals surface area contributed by atoms with Crippen LogP contribution in [0.4, 0.5) is 0 Å². The summed E-state index contributed by atoms with van der Waals surface area (Å²) in [6, 6.07) is 0. The van der Waals surface area contributed by atoms with E-state index in [1.807, 2.05) is 0 Å². The van der Waals surface area contributed by atoms with Crippen LogP contribution in [-0.2, 0) is 4.79 Å². The Labute approximate surface area is 85.7 Å². The molecule has 2 atom stereocenters. The van der Waals surface area contributed by atoms with E-state index in [9.17, 15) is 4.79 Å². The lowest BCUT2D eigenvalue weighted by Gasteiger charge is -2.14. The highest BCUT2D eigenvalue weighted by Crippen LogP contribution is 2.25. The van der Waals surface area contributed by atoms with Gasteiger partial charge in [-0.2, -0.15) is 0 Å². The molecule has 0 aromatic rings. The monoisotopic (exact) mass is 199 g/mol. The Balaban J connectivity index is 2.44. The molecular weight excluding hydrogens is 178 g/mol. The van der Waals surface area contributed by atoms with Gasteiger partial charge in [0.05, 0.1) is 5.92 Å². The first kappa shape index (κ1) is 11.5. The zero-order valence-electron chi connectivity index (χ0n) is 8.74. The lowest BCUT2D eigenvalue weighted by molar-refractivity contribution is -0.142. The van der Waals surface area contributed by atoms with Crippen LogP contribution in [-0.4, -0.2) is 17.6 Å². The standard InChI is InChI=1S/C11H21NO2/c12-8-9-4-2-1-3-5-10(7-6-9)11(13)14/h9-10H,1-8,12H2,(H,13,14). The summed E-state index contributed by atoms with van der Waals surface area (Å²) in [5, 5.41) is 8.97. The summed E-state index contributed by atoms with van der Waals surface area (Å²) in [7, 11) is 0. The highest BCUT2D eigenvalue weighted by molar-refractivity contribution is 5.69. The maximum Gasteiger partial charge on any atom is 0.306 e. The fourth-order valence-corrected chi connectivity index (χ4v) is 2.21. The molecule has 3 N–H and O–H groups in total. The molecule has 0 saturated heterocycles. The summed E-state index contributed by atoms with van der Waals surface area (Å²) in [4.78, 5) is 10.9. The smallest absolute Gasteiger partial charge is 0.306 e. The second-order valence-corrected chi connectivity index (χ2v) is 4.35. The molecule has 82 valence electrons. The van der Waals surface area contributed by atoms with Crippen LogP contribution in [0.5, 0.6) is 0 Å². The molecular formula is C11H21NO2. The van der Waals surface area contributed by atoms with Crippen LogP contribution in [0.15, 0.2) is 0 Å². The van der Waals surface area contributed by atoms with Gasteiger partial charge < -0.3 is 10.8 Å². The van der Waals surface area contributed by atoms with E-state index < -0.39 is 5.97 Å². The van der Waals surface area contributed by atoms with Crippen LogP contribution in [0.1, 0.15) is 44.9 Å². The van der Waals surface area contributed by atoms with Crippen LogP contribution in [0.25, 0.3) is 0 Å². The van der Waals surface area contributed by atoms with Gasteiger partial charge in [-0.15, -0.1) is 0 Å². The maximum absolute atomic E-state index is 10.9. The van der Waals surface area contributed by atoms with E-state index in [-0.39, 0.29) is 5.92 Å². The Bertz CT molecular complexity index is 182. The highest BCUT2D eigenvalue weighted by Gasteiger charge is 2.20. The molecule has 3 heteroatoms. The van der Waals surface area contributed by atoms with Crippen molar-refractivity contribution in [3.05, 3.63) is 0 Å². The van der Waals surface area contributed by atoms with Crippen molar-refractivity contribution < 1.29 is 9.90 Å². The van der Waals surface area contributed by atoms with Gasteiger partial charge in [0.1, 0.15) is 0 Å². The fourth-order valence-electron chi connectivity index (χ4n) is 2.21. The average molecular weight is 199 g/mol. The average Bonchev–Trinajstić information content (AvgIpc) is 2.28. The van der Waals surface area contributed by atoms with Crippen molar-refractivity contribution in [3.63, 3.8) is 0 Å². The first-order valence-corrected chi connectivity index (χ1v) is 5.67. The molecule has 0 aromatic heterocycles. The minimum Gasteiger partial charge on any atom is -0.481 e. The van der Waals surface area contributed by atoms with E-state index in [0.29, 0.717) is 12.5 Å². The molecule has 1 aliphatic carbocycles. The predicted molar refractivity (Wildman–Crippen MR) is 56.0 cm³/mol. The second kappa shape index (κ2) is 6.02. The number of carboxylic acids is 1. The Morgan fingerprint density at radius 2 is 1.86 bits per heavy atom. The SMILES string of the molecule is NCC1CCCCCC(C(=O)O)CC1. The van der Waals surface area contributed by atoms with E-state index in [0.717, 1.165) is 25.7 Å². The molecule has 0 radical (unpaired) electrons. The van der Waals surface area contributed by atoms with Crippen LogP contribution >= 0.6 is 0 Å². The molecule has 1 aliphatic rings. The van der Waals surface area contributed by atoms with Gasteiger partial charge in [0.2, 0.25) is 0 Å². The number of carbonyl (C=O) groups is 1. The summed E-state index contributed by atoms with van der Waals surface area (Å²) >= 11 is 0. The van der Waals surface area contributed by atoms with Crippen molar-refractivity contribution in [1.82, 2.24) is 0 Å². The Morgan fingerprint density at radius 3 is 2.50 bits per heavy atom. The normalized spacial score (nSPS) is 30.1. The fraction of sp³-hybridized carbons (Fsp3) is 0.909. The number of hydrogen-bond donors (Lipinski definition) is 2. The molecule has 1 saturated carbocycles. The Kier molecular flexibility index (Phi) is 4.94. The molecule has 0 amide bonds. The number of nitrogens with two attached hydrogens (primary N) is 1. The summed E-state index contributed by atoms with van der Waals surface area (Å²) in [6.07, 6.45) is 7.29. The molecule has 0 heterocycles. The first-order valence-electron chi connectivity index (χ1n) is 5.67. The summed E-state index contributed by atoms with van der Waals surface area (Å²) in [6.45, 7) is 0.715. The van der Waals surface area contributed by atoms with Gasteiger partial charge in [-0.25, -0.2) is 0 Å². The minimum absolute atomic E-state index is 0.123. The quantitative estimate of drug-likeness (QED) is 0.715. The third-order valence-electron chi connectivity index (χ3n) is 3.27. The van der Waals surface area contributed by atoms with E-state index in [4.69, 9.17) is 10.8 Å². The minimum atomic E-state index is -0.623. The number of carboxylic acid groups (broad SMARTS) is 1. The second-order valence-electron chi connectivity index (χ2n) is 4.35. The lowest BCUT2D eigenvalue weighted by atomic mass is 9.93. The molecule has 1 rings (SSSR count). The number of hydrogen-bond acceptors (Lipinski definition) is 2. The van der Waals surface area contributed by atoms with Crippen molar-refractivity contribution in [2.75, 3.05) is 6.54 Å². The highest BCUT2D eigenvalue weighted by atomic mass is 16.4. The van der Waals surface area contributed by atoms with Crippen LogP contribution < -0.4 is 5.73 Å². The van der Waals surface area contributed by atoms with Crippen LogP contribution in [0.2, 0.25) is 0 Å². The first-order chi connectivity index (χ1) is 6.74.